The van der Waals surface area contributed by atoms with Gasteiger partial charge in [-0.25, -0.2) is 0 Å². The summed E-state index contributed by atoms with van der Waals surface area (Å²) in [5.74, 6) is 0.0881. The molecule has 0 aromatic heterocycles. The minimum atomic E-state index is -0.535. The van der Waals surface area contributed by atoms with Gasteiger partial charge in [0, 0.05) is 10.5 Å². The minimum Gasteiger partial charge on any atom is -0.484 e. The molecule has 0 spiro atoms. The third-order valence-electron chi connectivity index (χ3n) is 2.62. The number of ether oxygens (including phenoxy) is 1. The second kappa shape index (κ2) is 7.41. The monoisotopic (exact) mass is 365 g/mol. The highest BCUT2D eigenvalue weighted by atomic mass is 79.9. The lowest BCUT2D eigenvalue weighted by atomic mass is 10.3. The average molecular weight is 366 g/mol. The SMILES string of the molecule is O=C(COc1ccc(Br)cc1)NNc1ccccc1[N+](=O)[O-]. The number of anilines is 1. The van der Waals surface area contributed by atoms with E-state index < -0.39 is 10.8 Å². The molecule has 0 aliphatic carbocycles. The number of rotatable bonds is 6. The zero-order chi connectivity index (χ0) is 15.9. The van der Waals surface area contributed by atoms with Gasteiger partial charge in [-0.2, -0.15) is 0 Å². The van der Waals surface area contributed by atoms with Crippen LogP contribution in [-0.4, -0.2) is 17.4 Å². The molecule has 0 unspecified atom stereocenters. The van der Waals surface area contributed by atoms with Gasteiger partial charge in [-0.3, -0.25) is 25.8 Å². The molecule has 0 aliphatic rings. The first-order valence-electron chi connectivity index (χ1n) is 6.23. The standard InChI is InChI=1S/C14H12BrN3O4/c15-10-5-7-11(8-6-10)22-9-14(19)17-16-12-3-1-2-4-13(12)18(20)21/h1-8,16H,9H2,(H,17,19). The number of amides is 1. The highest BCUT2D eigenvalue weighted by Crippen LogP contribution is 2.22. The number of hydrogen-bond acceptors (Lipinski definition) is 5. The van der Waals surface area contributed by atoms with Crippen LogP contribution in [0.3, 0.4) is 0 Å². The summed E-state index contributed by atoms with van der Waals surface area (Å²) in [6.45, 7) is -0.213. The molecule has 0 radical (unpaired) electrons. The van der Waals surface area contributed by atoms with Crippen molar-refractivity contribution in [2.75, 3.05) is 12.0 Å². The van der Waals surface area contributed by atoms with E-state index in [0.717, 1.165) is 4.47 Å². The molecular formula is C14H12BrN3O4. The van der Waals surface area contributed by atoms with Gasteiger partial charge in [-0.1, -0.05) is 28.1 Å². The number of halogens is 1. The predicted octanol–water partition coefficient (Wildman–Crippen LogP) is 2.88. The van der Waals surface area contributed by atoms with Crippen molar-refractivity contribution in [3.8, 4) is 5.75 Å². The molecule has 2 aromatic carbocycles. The smallest absolute Gasteiger partial charge is 0.294 e. The average Bonchev–Trinajstić information content (AvgIpc) is 2.52. The van der Waals surface area contributed by atoms with Gasteiger partial charge >= 0.3 is 0 Å². The van der Waals surface area contributed by atoms with Gasteiger partial charge in [0.2, 0.25) is 0 Å². The number of carbonyl (C=O) groups is 1. The lowest BCUT2D eigenvalue weighted by Gasteiger charge is -2.09. The van der Waals surface area contributed by atoms with Gasteiger partial charge in [0.1, 0.15) is 11.4 Å². The van der Waals surface area contributed by atoms with Gasteiger partial charge in [0.05, 0.1) is 4.92 Å². The molecule has 0 bridgehead atoms. The van der Waals surface area contributed by atoms with E-state index in [0.29, 0.717) is 5.75 Å². The van der Waals surface area contributed by atoms with Crippen LogP contribution in [0.2, 0.25) is 0 Å². The quantitative estimate of drug-likeness (QED) is 0.606. The molecule has 0 fully saturated rings. The summed E-state index contributed by atoms with van der Waals surface area (Å²) >= 11 is 3.29. The van der Waals surface area contributed by atoms with E-state index in [-0.39, 0.29) is 18.0 Å². The fraction of sp³-hybridized carbons (Fsp3) is 0.0714. The summed E-state index contributed by atoms with van der Waals surface area (Å²) < 4.78 is 6.19. The third-order valence-corrected chi connectivity index (χ3v) is 3.15. The molecule has 22 heavy (non-hydrogen) atoms. The van der Waals surface area contributed by atoms with E-state index in [1.54, 1.807) is 36.4 Å². The van der Waals surface area contributed by atoms with Crippen LogP contribution in [0.15, 0.2) is 53.0 Å². The number of carbonyl (C=O) groups excluding carboxylic acids is 1. The van der Waals surface area contributed by atoms with Crippen molar-refractivity contribution >= 4 is 33.2 Å². The number of nitrogens with one attached hydrogen (secondary N) is 2. The summed E-state index contributed by atoms with van der Waals surface area (Å²) in [5.41, 5.74) is 4.93. The zero-order valence-corrected chi connectivity index (χ0v) is 12.9. The molecule has 0 heterocycles. The maximum Gasteiger partial charge on any atom is 0.294 e. The van der Waals surface area contributed by atoms with Crippen LogP contribution in [-0.2, 0) is 4.79 Å². The Hall–Kier alpha value is -2.61. The maximum atomic E-state index is 11.7. The van der Waals surface area contributed by atoms with Crippen molar-refractivity contribution in [2.24, 2.45) is 0 Å². The summed E-state index contributed by atoms with van der Waals surface area (Å²) in [7, 11) is 0. The van der Waals surface area contributed by atoms with E-state index in [1.807, 2.05) is 0 Å². The summed E-state index contributed by atoms with van der Waals surface area (Å²) in [5, 5.41) is 10.8. The molecule has 8 heteroatoms. The van der Waals surface area contributed by atoms with Crippen LogP contribution in [0.4, 0.5) is 11.4 Å². The van der Waals surface area contributed by atoms with Crippen molar-refractivity contribution in [3.05, 3.63) is 63.1 Å². The van der Waals surface area contributed by atoms with Crippen LogP contribution >= 0.6 is 15.9 Å². The van der Waals surface area contributed by atoms with E-state index in [1.165, 1.54) is 12.1 Å². The van der Waals surface area contributed by atoms with Crippen molar-refractivity contribution in [1.29, 1.82) is 0 Å². The van der Waals surface area contributed by atoms with Crippen LogP contribution in [0, 0.1) is 10.1 Å². The first-order chi connectivity index (χ1) is 10.6. The second-order valence-corrected chi connectivity index (χ2v) is 5.11. The van der Waals surface area contributed by atoms with Crippen LogP contribution in [0.25, 0.3) is 0 Å². The topological polar surface area (TPSA) is 93.5 Å². The largest absolute Gasteiger partial charge is 0.484 e. The Balaban J connectivity index is 1.85. The predicted molar refractivity (Wildman–Crippen MR) is 84.5 cm³/mol. The number of nitro groups is 1. The van der Waals surface area contributed by atoms with Crippen molar-refractivity contribution in [1.82, 2.24) is 5.43 Å². The molecule has 7 nitrogen and oxygen atoms in total. The number of nitro benzene ring substituents is 1. The number of para-hydroxylation sites is 2. The van der Waals surface area contributed by atoms with E-state index in [4.69, 9.17) is 4.74 Å². The van der Waals surface area contributed by atoms with Crippen LogP contribution < -0.4 is 15.6 Å². The number of benzene rings is 2. The number of nitrogens with zero attached hydrogens (tertiary/aromatic N) is 1. The summed E-state index contributed by atoms with van der Waals surface area (Å²) in [6, 6.07) is 13.0. The summed E-state index contributed by atoms with van der Waals surface area (Å²) in [6.07, 6.45) is 0. The summed E-state index contributed by atoms with van der Waals surface area (Å²) in [4.78, 5) is 22.0. The zero-order valence-electron chi connectivity index (χ0n) is 11.3. The van der Waals surface area contributed by atoms with Gasteiger partial charge in [0.25, 0.3) is 11.6 Å². The van der Waals surface area contributed by atoms with E-state index >= 15 is 0 Å². The van der Waals surface area contributed by atoms with Crippen LogP contribution in [0.1, 0.15) is 0 Å². The lowest BCUT2D eigenvalue weighted by Crippen LogP contribution is -2.33. The Labute approximate surface area is 134 Å². The molecule has 2 aromatic rings. The van der Waals surface area contributed by atoms with E-state index in [2.05, 4.69) is 26.8 Å². The van der Waals surface area contributed by atoms with E-state index in [9.17, 15) is 14.9 Å². The highest BCUT2D eigenvalue weighted by Gasteiger charge is 2.12. The highest BCUT2D eigenvalue weighted by molar-refractivity contribution is 9.10. The molecule has 1 amide bonds. The Morgan fingerprint density at radius 3 is 2.55 bits per heavy atom. The van der Waals surface area contributed by atoms with Gasteiger partial charge < -0.3 is 4.74 Å². The number of hydrogen-bond donors (Lipinski definition) is 2. The molecule has 0 atom stereocenters. The minimum absolute atomic E-state index is 0.128. The first-order valence-corrected chi connectivity index (χ1v) is 7.02. The molecule has 0 saturated heterocycles. The second-order valence-electron chi connectivity index (χ2n) is 4.19. The fourth-order valence-electron chi connectivity index (χ4n) is 1.59. The lowest BCUT2D eigenvalue weighted by molar-refractivity contribution is -0.384. The molecule has 2 rings (SSSR count). The number of hydrazine groups is 1. The Morgan fingerprint density at radius 2 is 1.86 bits per heavy atom. The molecule has 0 aliphatic heterocycles. The van der Waals surface area contributed by atoms with Crippen molar-refractivity contribution in [3.63, 3.8) is 0 Å². The normalized spacial score (nSPS) is 9.86. The van der Waals surface area contributed by atoms with Crippen molar-refractivity contribution < 1.29 is 14.5 Å². The maximum absolute atomic E-state index is 11.7. The van der Waals surface area contributed by atoms with Crippen LogP contribution in [0.5, 0.6) is 5.75 Å². The third kappa shape index (κ3) is 4.45. The Morgan fingerprint density at radius 1 is 1.18 bits per heavy atom. The van der Waals surface area contributed by atoms with Gasteiger partial charge in [-0.05, 0) is 30.3 Å². The molecule has 0 saturated carbocycles. The van der Waals surface area contributed by atoms with Crippen molar-refractivity contribution in [2.45, 2.75) is 0 Å². The fourth-order valence-corrected chi connectivity index (χ4v) is 1.86. The first kappa shape index (κ1) is 15.8. The van der Waals surface area contributed by atoms with Gasteiger partial charge in [-0.15, -0.1) is 0 Å². The Kier molecular flexibility index (Phi) is 5.31. The Bertz CT molecular complexity index is 676. The molecular weight excluding hydrogens is 354 g/mol. The molecule has 114 valence electrons. The molecule has 2 N–H and O–H groups in total. The van der Waals surface area contributed by atoms with Gasteiger partial charge in [0.15, 0.2) is 6.61 Å².